The minimum Gasteiger partial charge on any atom is -0.334 e. The van der Waals surface area contributed by atoms with Crippen molar-refractivity contribution in [2.24, 2.45) is 0 Å². The van der Waals surface area contributed by atoms with Gasteiger partial charge in [-0.25, -0.2) is 4.79 Å². The summed E-state index contributed by atoms with van der Waals surface area (Å²) >= 11 is 0. The molecule has 0 aliphatic carbocycles. The molecular weight excluding hydrogens is 292 g/mol. The van der Waals surface area contributed by atoms with Crippen molar-refractivity contribution in [3.05, 3.63) is 35.8 Å². The van der Waals surface area contributed by atoms with Crippen LogP contribution >= 0.6 is 0 Å². The maximum atomic E-state index is 12.5. The Hall–Kier alpha value is -2.41. The molecule has 7 heteroatoms. The van der Waals surface area contributed by atoms with Crippen LogP contribution in [0.3, 0.4) is 0 Å². The Labute approximate surface area is 134 Å². The first-order valence-corrected chi connectivity index (χ1v) is 8.04. The quantitative estimate of drug-likeness (QED) is 0.769. The van der Waals surface area contributed by atoms with E-state index in [1.165, 1.54) is 0 Å². The summed E-state index contributed by atoms with van der Waals surface area (Å²) in [7, 11) is 0. The summed E-state index contributed by atoms with van der Waals surface area (Å²) in [4.78, 5) is 18.4. The van der Waals surface area contributed by atoms with Crippen LogP contribution in [0.15, 0.2) is 24.5 Å². The smallest absolute Gasteiger partial charge is 0.317 e. The van der Waals surface area contributed by atoms with Gasteiger partial charge in [-0.05, 0) is 25.1 Å². The van der Waals surface area contributed by atoms with E-state index in [-0.39, 0.29) is 12.1 Å². The van der Waals surface area contributed by atoms with Gasteiger partial charge in [0.1, 0.15) is 0 Å². The molecular formula is C16H20N6O. The SMILES string of the molecule is O=C(NC1CCNC1)N1CCc2[nH]nc(-c3ccncc3)c2C1. The lowest BCUT2D eigenvalue weighted by Crippen LogP contribution is -2.47. The first kappa shape index (κ1) is 14.2. The second kappa shape index (κ2) is 6.00. The molecule has 2 aromatic heterocycles. The molecule has 4 heterocycles. The second-order valence-corrected chi connectivity index (χ2v) is 6.08. The molecule has 1 unspecified atom stereocenters. The van der Waals surface area contributed by atoms with Crippen LogP contribution in [0.1, 0.15) is 17.7 Å². The van der Waals surface area contributed by atoms with Crippen LogP contribution in [0.4, 0.5) is 4.79 Å². The van der Waals surface area contributed by atoms with Gasteiger partial charge in [0, 0.05) is 54.8 Å². The van der Waals surface area contributed by atoms with Gasteiger partial charge in [0.2, 0.25) is 0 Å². The van der Waals surface area contributed by atoms with Crippen molar-refractivity contribution in [2.45, 2.75) is 25.4 Å². The van der Waals surface area contributed by atoms with Gasteiger partial charge >= 0.3 is 6.03 Å². The highest BCUT2D eigenvalue weighted by Crippen LogP contribution is 2.27. The molecule has 0 aromatic carbocycles. The van der Waals surface area contributed by atoms with Crippen molar-refractivity contribution in [3.63, 3.8) is 0 Å². The number of aromatic nitrogens is 3. The van der Waals surface area contributed by atoms with Gasteiger partial charge in [-0.2, -0.15) is 5.10 Å². The number of nitrogens with one attached hydrogen (secondary N) is 3. The summed E-state index contributed by atoms with van der Waals surface area (Å²) in [5, 5.41) is 13.9. The van der Waals surface area contributed by atoms with Gasteiger partial charge < -0.3 is 15.5 Å². The van der Waals surface area contributed by atoms with Crippen LogP contribution in [0, 0.1) is 0 Å². The molecule has 2 amide bonds. The van der Waals surface area contributed by atoms with Crippen LogP contribution < -0.4 is 10.6 Å². The average Bonchev–Trinajstić information content (AvgIpc) is 3.24. The number of hydrogen-bond donors (Lipinski definition) is 3. The van der Waals surface area contributed by atoms with E-state index < -0.39 is 0 Å². The second-order valence-electron chi connectivity index (χ2n) is 6.08. The fraction of sp³-hybridized carbons (Fsp3) is 0.438. The van der Waals surface area contributed by atoms with Crippen molar-refractivity contribution in [3.8, 4) is 11.3 Å². The van der Waals surface area contributed by atoms with E-state index in [1.54, 1.807) is 12.4 Å². The highest BCUT2D eigenvalue weighted by Gasteiger charge is 2.27. The Morgan fingerprint density at radius 2 is 2.22 bits per heavy atom. The summed E-state index contributed by atoms with van der Waals surface area (Å²) in [6, 6.07) is 4.15. The Kier molecular flexibility index (Phi) is 3.70. The number of nitrogens with zero attached hydrogens (tertiary/aromatic N) is 3. The van der Waals surface area contributed by atoms with E-state index in [2.05, 4.69) is 25.8 Å². The van der Waals surface area contributed by atoms with Crippen LogP contribution in [-0.2, 0) is 13.0 Å². The lowest BCUT2D eigenvalue weighted by Gasteiger charge is -2.28. The fourth-order valence-electron chi connectivity index (χ4n) is 3.26. The summed E-state index contributed by atoms with van der Waals surface area (Å²) in [5.41, 5.74) is 4.19. The van der Waals surface area contributed by atoms with E-state index in [4.69, 9.17) is 0 Å². The molecule has 2 aliphatic heterocycles. The maximum Gasteiger partial charge on any atom is 0.317 e. The third kappa shape index (κ3) is 2.79. The topological polar surface area (TPSA) is 85.9 Å². The number of carbonyl (C=O) groups is 1. The molecule has 23 heavy (non-hydrogen) atoms. The van der Waals surface area contributed by atoms with Crippen molar-refractivity contribution in [1.82, 2.24) is 30.7 Å². The van der Waals surface area contributed by atoms with E-state index in [0.29, 0.717) is 6.54 Å². The Morgan fingerprint density at radius 3 is 3.00 bits per heavy atom. The first-order chi connectivity index (χ1) is 11.3. The molecule has 4 rings (SSSR count). The molecule has 7 nitrogen and oxygen atoms in total. The zero-order valence-corrected chi connectivity index (χ0v) is 12.9. The van der Waals surface area contributed by atoms with Gasteiger partial charge in [0.25, 0.3) is 0 Å². The van der Waals surface area contributed by atoms with E-state index in [1.807, 2.05) is 17.0 Å². The number of rotatable bonds is 2. The lowest BCUT2D eigenvalue weighted by atomic mass is 10.0. The number of aromatic amines is 1. The van der Waals surface area contributed by atoms with E-state index in [9.17, 15) is 4.79 Å². The van der Waals surface area contributed by atoms with Gasteiger partial charge in [0.05, 0.1) is 12.2 Å². The van der Waals surface area contributed by atoms with E-state index >= 15 is 0 Å². The van der Waals surface area contributed by atoms with Crippen LogP contribution in [0.5, 0.6) is 0 Å². The Bertz CT molecular complexity index is 692. The summed E-state index contributed by atoms with van der Waals surface area (Å²) in [6.45, 7) is 3.15. The minimum atomic E-state index is 0.0197. The molecule has 0 saturated carbocycles. The van der Waals surface area contributed by atoms with Crippen molar-refractivity contribution >= 4 is 6.03 Å². The largest absolute Gasteiger partial charge is 0.334 e. The number of urea groups is 1. The zero-order chi connectivity index (χ0) is 15.6. The molecule has 120 valence electrons. The molecule has 2 aliphatic rings. The monoisotopic (exact) mass is 312 g/mol. The minimum absolute atomic E-state index is 0.0197. The molecule has 1 fully saturated rings. The summed E-state index contributed by atoms with van der Waals surface area (Å²) in [6.07, 6.45) is 5.33. The number of pyridine rings is 1. The normalized spacial score (nSPS) is 20.3. The molecule has 0 radical (unpaired) electrons. The van der Waals surface area contributed by atoms with Gasteiger partial charge in [-0.1, -0.05) is 0 Å². The van der Waals surface area contributed by atoms with E-state index in [0.717, 1.165) is 55.0 Å². The van der Waals surface area contributed by atoms with Crippen molar-refractivity contribution < 1.29 is 4.79 Å². The third-order valence-electron chi connectivity index (χ3n) is 4.56. The first-order valence-electron chi connectivity index (χ1n) is 8.04. The van der Waals surface area contributed by atoms with Crippen LogP contribution in [-0.4, -0.2) is 51.8 Å². The molecule has 2 aromatic rings. The van der Waals surface area contributed by atoms with Crippen LogP contribution in [0.2, 0.25) is 0 Å². The van der Waals surface area contributed by atoms with Crippen LogP contribution in [0.25, 0.3) is 11.3 Å². The maximum absolute atomic E-state index is 12.5. The van der Waals surface area contributed by atoms with Crippen molar-refractivity contribution in [1.29, 1.82) is 0 Å². The number of fused-ring (bicyclic) bond motifs is 1. The Morgan fingerprint density at radius 1 is 1.35 bits per heavy atom. The number of hydrogen-bond acceptors (Lipinski definition) is 4. The molecule has 1 atom stereocenters. The van der Waals surface area contributed by atoms with Gasteiger partial charge in [-0.3, -0.25) is 10.1 Å². The van der Waals surface area contributed by atoms with Gasteiger partial charge in [-0.15, -0.1) is 0 Å². The molecule has 0 spiro atoms. The fourth-order valence-corrected chi connectivity index (χ4v) is 3.26. The highest BCUT2D eigenvalue weighted by molar-refractivity contribution is 5.75. The summed E-state index contributed by atoms with van der Waals surface area (Å²) in [5.74, 6) is 0. The summed E-state index contributed by atoms with van der Waals surface area (Å²) < 4.78 is 0. The number of amides is 2. The number of carbonyl (C=O) groups excluding carboxylic acids is 1. The average molecular weight is 312 g/mol. The van der Waals surface area contributed by atoms with Gasteiger partial charge in [0.15, 0.2) is 0 Å². The predicted octanol–water partition coefficient (Wildman–Crippen LogP) is 0.901. The molecule has 1 saturated heterocycles. The standard InChI is InChI=1S/C16H20N6O/c23-16(19-12-3-7-18-9-12)22-8-4-14-13(10-22)15(21-20-14)11-1-5-17-6-2-11/h1-2,5-6,12,18H,3-4,7-10H2,(H,19,23)(H,20,21). The van der Waals surface area contributed by atoms with Crippen molar-refractivity contribution in [2.75, 3.05) is 19.6 Å². The lowest BCUT2D eigenvalue weighted by molar-refractivity contribution is 0.189. The Balaban J connectivity index is 1.52. The highest BCUT2D eigenvalue weighted by atomic mass is 16.2. The molecule has 3 N–H and O–H groups in total. The predicted molar refractivity (Wildman–Crippen MR) is 85.7 cm³/mol. The zero-order valence-electron chi connectivity index (χ0n) is 12.9. The number of H-pyrrole nitrogens is 1. The third-order valence-corrected chi connectivity index (χ3v) is 4.56. The molecule has 0 bridgehead atoms.